The molecule has 4 aliphatic rings. The number of aliphatic hydroxyl groups excluding tert-OH is 4. The van der Waals surface area contributed by atoms with E-state index < -0.39 is 29.3 Å². The van der Waals surface area contributed by atoms with Gasteiger partial charge < -0.3 is 25.7 Å². The summed E-state index contributed by atoms with van der Waals surface area (Å²) in [6.07, 6.45) is 1.58. The van der Waals surface area contributed by atoms with Crippen molar-refractivity contribution < 1.29 is 25.3 Å². The van der Waals surface area contributed by atoms with Gasteiger partial charge in [-0.2, -0.15) is 0 Å². The molecule has 1 saturated heterocycles. The van der Waals surface area contributed by atoms with E-state index in [1.54, 1.807) is 6.07 Å². The minimum atomic E-state index is -1.24. The number of β-amino-alcohol motifs (C(OH)–C–C–N with tert-alkyl or cyclic N) is 1. The van der Waals surface area contributed by atoms with Gasteiger partial charge in [-0.1, -0.05) is 11.2 Å². The summed E-state index contributed by atoms with van der Waals surface area (Å²) >= 11 is 0. The van der Waals surface area contributed by atoms with Gasteiger partial charge in [-0.3, -0.25) is 15.0 Å². The quantitative estimate of drug-likeness (QED) is 0.114. The molecule has 0 radical (unpaired) electrons. The van der Waals surface area contributed by atoms with Crippen LogP contribution in [0.1, 0.15) is 32.1 Å². The second kappa shape index (κ2) is 9.05. The monoisotopic (exact) mass is 462 g/mol. The van der Waals surface area contributed by atoms with Crippen molar-refractivity contribution in [2.75, 3.05) is 31.6 Å². The normalized spacial score (nSPS) is 35.2. The third kappa shape index (κ3) is 4.50. The predicted octanol–water partition coefficient (Wildman–Crippen LogP) is 1.66. The molecule has 3 aliphatic carbocycles. The summed E-state index contributed by atoms with van der Waals surface area (Å²) in [5, 5.41) is 57.4. The van der Waals surface area contributed by atoms with E-state index in [2.05, 4.69) is 15.3 Å². The van der Waals surface area contributed by atoms with Crippen LogP contribution in [0.3, 0.4) is 0 Å². The molecule has 33 heavy (non-hydrogen) atoms. The fraction of sp³-hybridized carbons (Fsp3) is 0.714. The maximum absolute atomic E-state index is 11.3. The zero-order valence-electron chi connectivity index (χ0n) is 18.2. The Balaban J connectivity index is 1.24. The van der Waals surface area contributed by atoms with Crippen LogP contribution in [0.4, 0.5) is 17.1 Å². The van der Waals surface area contributed by atoms with Crippen molar-refractivity contribution in [2.45, 2.75) is 56.5 Å². The number of aliphatic hydroxyl groups is 4. The molecule has 2 bridgehead atoms. The number of hydrogen-bond acceptors (Lipinski definition) is 9. The van der Waals surface area contributed by atoms with E-state index in [9.17, 15) is 30.5 Å². The molecule has 5 N–H and O–H groups in total. The Morgan fingerprint density at radius 2 is 1.91 bits per heavy atom. The van der Waals surface area contributed by atoms with E-state index in [0.717, 1.165) is 32.1 Å². The van der Waals surface area contributed by atoms with E-state index in [1.165, 1.54) is 12.1 Å². The van der Waals surface area contributed by atoms with Crippen molar-refractivity contribution in [3.05, 3.63) is 38.8 Å². The molecular formula is C21H30N6O6. The number of hydrogen-bond donors (Lipinski definition) is 5. The van der Waals surface area contributed by atoms with Gasteiger partial charge in [0.25, 0.3) is 5.69 Å². The Morgan fingerprint density at radius 1 is 1.21 bits per heavy atom. The number of rotatable bonds is 10. The Kier molecular flexibility index (Phi) is 6.50. The van der Waals surface area contributed by atoms with Gasteiger partial charge in [0.2, 0.25) is 0 Å². The van der Waals surface area contributed by atoms with Gasteiger partial charge in [-0.05, 0) is 61.1 Å². The van der Waals surface area contributed by atoms with Crippen molar-refractivity contribution in [1.29, 1.82) is 0 Å². The molecule has 180 valence electrons. The summed E-state index contributed by atoms with van der Waals surface area (Å²) in [5.41, 5.74) is 9.48. The number of azide groups is 1. The van der Waals surface area contributed by atoms with Crippen molar-refractivity contribution in [2.24, 2.45) is 15.9 Å². The molecule has 0 spiro atoms. The van der Waals surface area contributed by atoms with Crippen LogP contribution in [-0.2, 0) is 0 Å². The highest BCUT2D eigenvalue weighted by Gasteiger charge is 2.66. The second-order valence-electron chi connectivity index (χ2n) is 9.90. The largest absolute Gasteiger partial charge is 0.395 e. The van der Waals surface area contributed by atoms with Crippen molar-refractivity contribution in [3.63, 3.8) is 0 Å². The highest BCUT2D eigenvalue weighted by Crippen LogP contribution is 2.76. The highest BCUT2D eigenvalue weighted by atomic mass is 16.6. The molecule has 1 aliphatic heterocycles. The molecule has 0 amide bonds. The fourth-order valence-corrected chi connectivity index (χ4v) is 6.17. The number of nitrogens with one attached hydrogen (secondary N) is 1. The maximum Gasteiger partial charge on any atom is 0.292 e. The molecule has 12 nitrogen and oxygen atoms in total. The molecule has 12 heteroatoms. The lowest BCUT2D eigenvalue weighted by atomic mass is 9.33. The first-order valence-corrected chi connectivity index (χ1v) is 11.2. The molecule has 5 rings (SSSR count). The molecule has 3 saturated carbocycles. The van der Waals surface area contributed by atoms with Crippen molar-refractivity contribution in [3.8, 4) is 0 Å². The lowest BCUT2D eigenvalue weighted by molar-refractivity contribution is -0.383. The van der Waals surface area contributed by atoms with Crippen LogP contribution >= 0.6 is 0 Å². The molecule has 1 aromatic carbocycles. The molecule has 0 aromatic heterocycles. The van der Waals surface area contributed by atoms with Crippen LogP contribution in [0.2, 0.25) is 0 Å². The van der Waals surface area contributed by atoms with E-state index in [-0.39, 0.29) is 35.4 Å². The Morgan fingerprint density at radius 3 is 2.55 bits per heavy atom. The number of benzene rings is 1. The summed E-state index contributed by atoms with van der Waals surface area (Å²) in [7, 11) is 0. The molecule has 1 heterocycles. The summed E-state index contributed by atoms with van der Waals surface area (Å²) in [5.74, 6) is 0. The lowest BCUT2D eigenvalue weighted by Crippen LogP contribution is -2.65. The molecule has 1 aromatic rings. The first-order chi connectivity index (χ1) is 15.7. The van der Waals surface area contributed by atoms with Crippen LogP contribution in [-0.4, -0.2) is 80.8 Å². The van der Waals surface area contributed by atoms with Crippen molar-refractivity contribution in [1.82, 2.24) is 4.90 Å². The van der Waals surface area contributed by atoms with E-state index in [1.807, 2.05) is 4.90 Å². The van der Waals surface area contributed by atoms with Gasteiger partial charge in [0.05, 0.1) is 23.7 Å². The smallest absolute Gasteiger partial charge is 0.292 e. The van der Waals surface area contributed by atoms with Crippen LogP contribution in [0.15, 0.2) is 23.3 Å². The van der Waals surface area contributed by atoms with Gasteiger partial charge in [0, 0.05) is 29.8 Å². The van der Waals surface area contributed by atoms with Crippen molar-refractivity contribution >= 4 is 17.1 Å². The Bertz CT molecular complexity index is 933. The molecule has 4 atom stereocenters. The first-order valence-electron chi connectivity index (χ1n) is 11.2. The topological polar surface area (TPSA) is 188 Å². The fourth-order valence-electron chi connectivity index (χ4n) is 6.17. The number of piperidine rings is 1. The molecular weight excluding hydrogens is 432 g/mol. The SMILES string of the molecule is [N-]=[N+]=Nc1ccc(NCCC23CC(CCN4C[C@H](O)[C@@H](O)[C@H](O)[C@H]4CO)(C2)C3)c([N+](=O)[O-])c1. The van der Waals surface area contributed by atoms with E-state index in [0.29, 0.717) is 18.8 Å². The average Bonchev–Trinajstić information content (AvgIpc) is 2.73. The Labute approximate surface area is 190 Å². The van der Waals surface area contributed by atoms with Gasteiger partial charge in [0.15, 0.2) is 0 Å². The third-order valence-corrected chi connectivity index (χ3v) is 7.70. The summed E-state index contributed by atoms with van der Waals surface area (Å²) in [6, 6.07) is 3.78. The predicted molar refractivity (Wildman–Crippen MR) is 119 cm³/mol. The minimum Gasteiger partial charge on any atom is -0.395 e. The summed E-state index contributed by atoms with van der Waals surface area (Å²) in [4.78, 5) is 15.4. The molecule has 0 unspecified atom stereocenters. The van der Waals surface area contributed by atoms with Gasteiger partial charge in [0.1, 0.15) is 17.9 Å². The van der Waals surface area contributed by atoms with Gasteiger partial charge in [-0.15, -0.1) is 0 Å². The first kappa shape index (κ1) is 23.7. The van der Waals surface area contributed by atoms with E-state index in [4.69, 9.17) is 5.53 Å². The summed E-state index contributed by atoms with van der Waals surface area (Å²) < 4.78 is 0. The summed E-state index contributed by atoms with van der Waals surface area (Å²) in [6.45, 7) is 1.20. The van der Waals surface area contributed by atoms with Gasteiger partial charge in [-0.25, -0.2) is 0 Å². The number of nitro benzene ring substituents is 1. The highest BCUT2D eigenvalue weighted by molar-refractivity contribution is 5.66. The Hall–Kier alpha value is -2.47. The van der Waals surface area contributed by atoms with E-state index >= 15 is 0 Å². The lowest BCUT2D eigenvalue weighted by Gasteiger charge is -2.72. The zero-order valence-corrected chi connectivity index (χ0v) is 18.2. The maximum atomic E-state index is 11.3. The minimum absolute atomic E-state index is 0.122. The third-order valence-electron chi connectivity index (χ3n) is 7.70. The standard InChI is InChI=1S/C21H30N6O6/c22-25-24-13-1-2-14(15(7-13)27(32)33)23-5-3-20-10-21(11-20,12-20)4-6-26-8-17(29)19(31)18(30)16(26)9-28/h1-2,7,16-19,23,28-31H,3-6,8-12H2/t16-,17+,18-,19-,20?,21?/m1/s1. The zero-order chi connectivity index (χ0) is 23.8. The van der Waals surface area contributed by atoms with Crippen LogP contribution < -0.4 is 5.32 Å². The average molecular weight is 463 g/mol. The number of likely N-dealkylation sites (tertiary alicyclic amines) is 1. The number of anilines is 1. The number of nitro groups is 1. The second-order valence-corrected chi connectivity index (χ2v) is 9.90. The molecule has 4 fully saturated rings. The van der Waals surface area contributed by atoms with Crippen LogP contribution in [0, 0.1) is 20.9 Å². The number of nitrogens with zero attached hydrogens (tertiary/aromatic N) is 5. The van der Waals surface area contributed by atoms with Crippen LogP contribution in [0.5, 0.6) is 0 Å². The van der Waals surface area contributed by atoms with Gasteiger partial charge >= 0.3 is 0 Å². The van der Waals surface area contributed by atoms with Crippen LogP contribution in [0.25, 0.3) is 10.4 Å².